The fourth-order valence-corrected chi connectivity index (χ4v) is 4.10. The normalized spacial score (nSPS) is 32.8. The average Bonchev–Trinajstić information content (AvgIpc) is 2.81. The molecule has 0 aromatic carbocycles. The number of pyridine rings is 1. The quantitative estimate of drug-likeness (QED) is 0.920. The van der Waals surface area contributed by atoms with E-state index in [2.05, 4.69) is 11.9 Å². The molecule has 3 rings (SSSR count). The van der Waals surface area contributed by atoms with Gasteiger partial charge in [-0.05, 0) is 50.3 Å². The third kappa shape index (κ3) is 3.47. The molecule has 2 saturated heterocycles. The molecule has 0 spiro atoms. The Balaban J connectivity index is 1.59. The van der Waals surface area contributed by atoms with E-state index in [0.717, 1.165) is 5.56 Å². The number of piperidine rings is 1. The van der Waals surface area contributed by atoms with Crippen molar-refractivity contribution < 1.29 is 14.6 Å². The maximum absolute atomic E-state index is 12.9. The average molecular weight is 332 g/mol. The summed E-state index contributed by atoms with van der Waals surface area (Å²) in [5.41, 5.74) is 0.363. The number of ether oxygens (including phenoxy) is 1. The van der Waals surface area contributed by atoms with Crippen LogP contribution < -0.4 is 0 Å². The highest BCUT2D eigenvalue weighted by Crippen LogP contribution is 2.35. The van der Waals surface area contributed by atoms with E-state index in [1.807, 2.05) is 30.9 Å². The third-order valence-corrected chi connectivity index (χ3v) is 5.82. The van der Waals surface area contributed by atoms with Crippen molar-refractivity contribution in [1.29, 1.82) is 0 Å². The van der Waals surface area contributed by atoms with Crippen LogP contribution >= 0.6 is 0 Å². The lowest BCUT2D eigenvalue weighted by Crippen LogP contribution is -2.50. The standard InChI is InChI=1S/C19H28N2O3/c1-13-14(2)24-15(3)17(13)18(22)21-10-6-19(23,7-11-21)12-16-4-8-20-9-5-16/h4-5,8-9,13-15,17,23H,6-7,10-12H2,1-3H3. The summed E-state index contributed by atoms with van der Waals surface area (Å²) in [6.07, 6.45) is 5.46. The fraction of sp³-hybridized carbons (Fsp3) is 0.684. The molecule has 24 heavy (non-hydrogen) atoms. The summed E-state index contributed by atoms with van der Waals surface area (Å²) in [7, 11) is 0. The van der Waals surface area contributed by atoms with Gasteiger partial charge in [-0.2, -0.15) is 0 Å². The number of carbonyl (C=O) groups is 1. The van der Waals surface area contributed by atoms with Crippen LogP contribution in [-0.4, -0.2) is 51.8 Å². The predicted octanol–water partition coefficient (Wildman–Crippen LogP) is 2.04. The number of likely N-dealkylation sites (tertiary alicyclic amines) is 1. The van der Waals surface area contributed by atoms with Crippen molar-refractivity contribution in [2.75, 3.05) is 13.1 Å². The third-order valence-electron chi connectivity index (χ3n) is 5.82. The van der Waals surface area contributed by atoms with Crippen LogP contribution in [0.4, 0.5) is 0 Å². The molecular weight excluding hydrogens is 304 g/mol. The zero-order valence-electron chi connectivity index (χ0n) is 14.8. The summed E-state index contributed by atoms with van der Waals surface area (Å²) < 4.78 is 5.82. The second kappa shape index (κ2) is 6.81. The van der Waals surface area contributed by atoms with Gasteiger partial charge in [0.2, 0.25) is 5.91 Å². The summed E-state index contributed by atoms with van der Waals surface area (Å²) in [4.78, 5) is 18.8. The molecule has 1 N–H and O–H groups in total. The first-order valence-electron chi connectivity index (χ1n) is 8.95. The minimum Gasteiger partial charge on any atom is -0.389 e. The van der Waals surface area contributed by atoms with Crippen molar-refractivity contribution >= 4 is 5.91 Å². The second-order valence-corrected chi connectivity index (χ2v) is 7.51. The van der Waals surface area contributed by atoms with Crippen molar-refractivity contribution in [2.24, 2.45) is 11.8 Å². The first kappa shape index (κ1) is 17.4. The molecule has 0 saturated carbocycles. The number of aromatic nitrogens is 1. The Kier molecular flexibility index (Phi) is 4.92. The number of hydrogen-bond acceptors (Lipinski definition) is 4. The largest absolute Gasteiger partial charge is 0.389 e. The number of hydrogen-bond donors (Lipinski definition) is 1. The lowest BCUT2D eigenvalue weighted by atomic mass is 9.83. The number of amides is 1. The maximum atomic E-state index is 12.9. The minimum atomic E-state index is -0.727. The molecule has 1 amide bonds. The van der Waals surface area contributed by atoms with Gasteiger partial charge in [0.05, 0.1) is 23.7 Å². The van der Waals surface area contributed by atoms with Gasteiger partial charge in [-0.3, -0.25) is 9.78 Å². The molecule has 3 heterocycles. The lowest BCUT2D eigenvalue weighted by Gasteiger charge is -2.40. The molecule has 1 aromatic heterocycles. The molecular formula is C19H28N2O3. The SMILES string of the molecule is CC1OC(C)C(C(=O)N2CCC(O)(Cc3ccncc3)CC2)C1C. The van der Waals surface area contributed by atoms with Crippen LogP contribution in [0, 0.1) is 11.8 Å². The van der Waals surface area contributed by atoms with Crippen molar-refractivity contribution in [3.8, 4) is 0 Å². The number of aliphatic hydroxyl groups is 1. The molecule has 132 valence electrons. The van der Waals surface area contributed by atoms with Gasteiger partial charge >= 0.3 is 0 Å². The molecule has 0 radical (unpaired) electrons. The zero-order chi connectivity index (χ0) is 17.3. The lowest BCUT2D eigenvalue weighted by molar-refractivity contribution is -0.142. The van der Waals surface area contributed by atoms with Gasteiger partial charge in [0.25, 0.3) is 0 Å². The Morgan fingerprint density at radius 3 is 2.42 bits per heavy atom. The minimum absolute atomic E-state index is 0.0277. The van der Waals surface area contributed by atoms with Crippen LogP contribution in [0.5, 0.6) is 0 Å². The molecule has 0 bridgehead atoms. The van der Waals surface area contributed by atoms with E-state index >= 15 is 0 Å². The van der Waals surface area contributed by atoms with E-state index in [-0.39, 0.29) is 30.0 Å². The van der Waals surface area contributed by atoms with E-state index in [9.17, 15) is 9.90 Å². The van der Waals surface area contributed by atoms with Crippen LogP contribution in [-0.2, 0) is 16.0 Å². The molecule has 1 aromatic rings. The van der Waals surface area contributed by atoms with E-state index in [0.29, 0.717) is 32.4 Å². The summed E-state index contributed by atoms with van der Waals surface area (Å²) in [6.45, 7) is 7.36. The fourth-order valence-electron chi connectivity index (χ4n) is 4.10. The zero-order valence-corrected chi connectivity index (χ0v) is 14.8. The van der Waals surface area contributed by atoms with Crippen molar-refractivity contribution in [2.45, 2.75) is 57.8 Å². The van der Waals surface area contributed by atoms with Crippen LogP contribution in [0.3, 0.4) is 0 Å². The van der Waals surface area contributed by atoms with Gasteiger partial charge in [0.1, 0.15) is 0 Å². The molecule has 0 aliphatic carbocycles. The highest BCUT2D eigenvalue weighted by atomic mass is 16.5. The van der Waals surface area contributed by atoms with E-state index in [1.165, 1.54) is 0 Å². The van der Waals surface area contributed by atoms with Gasteiger partial charge in [0.15, 0.2) is 0 Å². The monoisotopic (exact) mass is 332 g/mol. The number of carbonyl (C=O) groups excluding carboxylic acids is 1. The van der Waals surface area contributed by atoms with Crippen molar-refractivity contribution in [1.82, 2.24) is 9.88 Å². The Bertz CT molecular complexity index is 569. The summed E-state index contributed by atoms with van der Waals surface area (Å²) in [5, 5.41) is 10.9. The highest BCUT2D eigenvalue weighted by molar-refractivity contribution is 5.80. The number of rotatable bonds is 3. The van der Waals surface area contributed by atoms with Crippen LogP contribution in [0.25, 0.3) is 0 Å². The summed E-state index contributed by atoms with van der Waals surface area (Å²) >= 11 is 0. The molecule has 4 unspecified atom stereocenters. The van der Waals surface area contributed by atoms with Gasteiger partial charge < -0.3 is 14.7 Å². The highest BCUT2D eigenvalue weighted by Gasteiger charge is 2.44. The summed E-state index contributed by atoms with van der Waals surface area (Å²) in [6, 6.07) is 3.88. The molecule has 4 atom stereocenters. The van der Waals surface area contributed by atoms with Crippen molar-refractivity contribution in [3.05, 3.63) is 30.1 Å². The number of nitrogens with zero attached hydrogens (tertiary/aromatic N) is 2. The molecule has 2 aliphatic rings. The smallest absolute Gasteiger partial charge is 0.228 e. The Hall–Kier alpha value is -1.46. The molecule has 2 fully saturated rings. The van der Waals surface area contributed by atoms with Crippen LogP contribution in [0.2, 0.25) is 0 Å². The molecule has 2 aliphatic heterocycles. The molecule has 5 heteroatoms. The van der Waals surface area contributed by atoms with Crippen LogP contribution in [0.1, 0.15) is 39.2 Å². The second-order valence-electron chi connectivity index (χ2n) is 7.51. The summed E-state index contributed by atoms with van der Waals surface area (Å²) in [5.74, 6) is 0.363. The topological polar surface area (TPSA) is 62.7 Å². The predicted molar refractivity (Wildman–Crippen MR) is 91.4 cm³/mol. The van der Waals surface area contributed by atoms with Gasteiger partial charge in [-0.1, -0.05) is 6.92 Å². The van der Waals surface area contributed by atoms with Gasteiger partial charge in [-0.25, -0.2) is 0 Å². The molecule has 5 nitrogen and oxygen atoms in total. The Morgan fingerprint density at radius 2 is 1.88 bits per heavy atom. The Morgan fingerprint density at radius 1 is 1.25 bits per heavy atom. The Labute approximate surface area is 144 Å². The van der Waals surface area contributed by atoms with E-state index < -0.39 is 5.60 Å². The van der Waals surface area contributed by atoms with Crippen LogP contribution in [0.15, 0.2) is 24.5 Å². The van der Waals surface area contributed by atoms with Crippen molar-refractivity contribution in [3.63, 3.8) is 0 Å². The first-order chi connectivity index (χ1) is 11.4. The van der Waals surface area contributed by atoms with E-state index in [1.54, 1.807) is 12.4 Å². The van der Waals surface area contributed by atoms with Gasteiger partial charge in [0, 0.05) is 31.9 Å². The first-order valence-corrected chi connectivity index (χ1v) is 8.95. The van der Waals surface area contributed by atoms with Gasteiger partial charge in [-0.15, -0.1) is 0 Å². The maximum Gasteiger partial charge on any atom is 0.228 e. The van der Waals surface area contributed by atoms with E-state index in [4.69, 9.17) is 4.74 Å².